The maximum Gasteiger partial charge on any atom is 0.408 e. The number of hydrogen-bond donors (Lipinski definition) is 1. The average Bonchev–Trinajstić information content (AvgIpc) is 2.54. The van der Waals surface area contributed by atoms with Crippen molar-refractivity contribution in [3.63, 3.8) is 0 Å². The first-order valence-corrected chi connectivity index (χ1v) is 5.80. The zero-order valence-electron chi connectivity index (χ0n) is 9.26. The lowest BCUT2D eigenvalue weighted by Gasteiger charge is -2.37. The fraction of sp³-hybridized carbons (Fsp3) is 0.462. The van der Waals surface area contributed by atoms with E-state index in [1.54, 1.807) is 4.90 Å². The molecule has 1 aromatic carbocycles. The largest absolute Gasteiger partial charge is 0.465 e. The molecule has 3 heteroatoms. The molecular formula is C13H15NO2. The summed E-state index contributed by atoms with van der Waals surface area (Å²) in [6.45, 7) is 2.15. The van der Waals surface area contributed by atoms with Crippen LogP contribution in [0.15, 0.2) is 24.3 Å². The van der Waals surface area contributed by atoms with Gasteiger partial charge in [-0.25, -0.2) is 4.79 Å². The van der Waals surface area contributed by atoms with Gasteiger partial charge in [-0.05, 0) is 29.9 Å². The van der Waals surface area contributed by atoms with Crippen LogP contribution in [0.4, 0.5) is 4.79 Å². The number of carboxylic acid groups (broad SMARTS) is 1. The third kappa shape index (κ3) is 1.11. The van der Waals surface area contributed by atoms with E-state index < -0.39 is 6.09 Å². The van der Waals surface area contributed by atoms with Gasteiger partial charge in [-0.1, -0.05) is 31.2 Å². The Balaban J connectivity index is 2.15. The predicted molar refractivity (Wildman–Crippen MR) is 60.2 cm³/mol. The Labute approximate surface area is 94.7 Å². The predicted octanol–water partition coefficient (Wildman–Crippen LogP) is 3.19. The molecular weight excluding hydrogens is 202 g/mol. The van der Waals surface area contributed by atoms with Gasteiger partial charge in [-0.15, -0.1) is 0 Å². The van der Waals surface area contributed by atoms with Gasteiger partial charge in [0.15, 0.2) is 0 Å². The zero-order valence-corrected chi connectivity index (χ0v) is 9.26. The second-order valence-electron chi connectivity index (χ2n) is 4.83. The van der Waals surface area contributed by atoms with Gasteiger partial charge in [0.05, 0.1) is 12.1 Å². The molecule has 0 aliphatic carbocycles. The van der Waals surface area contributed by atoms with Crippen LogP contribution >= 0.6 is 0 Å². The molecule has 0 spiro atoms. The Morgan fingerprint density at radius 3 is 2.69 bits per heavy atom. The Morgan fingerprint density at radius 2 is 2.00 bits per heavy atom. The summed E-state index contributed by atoms with van der Waals surface area (Å²) < 4.78 is 0. The zero-order chi connectivity index (χ0) is 11.3. The molecule has 2 bridgehead atoms. The van der Waals surface area contributed by atoms with Crippen LogP contribution in [0.3, 0.4) is 0 Å². The summed E-state index contributed by atoms with van der Waals surface area (Å²) in [5.41, 5.74) is 2.44. The van der Waals surface area contributed by atoms with E-state index in [1.165, 1.54) is 11.1 Å². The minimum Gasteiger partial charge on any atom is -0.465 e. The van der Waals surface area contributed by atoms with Crippen molar-refractivity contribution in [1.82, 2.24) is 4.90 Å². The first kappa shape index (κ1) is 9.70. The highest BCUT2D eigenvalue weighted by Crippen LogP contribution is 2.52. The molecule has 2 heterocycles. The normalized spacial score (nSPS) is 31.3. The van der Waals surface area contributed by atoms with E-state index in [1.807, 2.05) is 12.1 Å². The van der Waals surface area contributed by atoms with Crippen LogP contribution in [0.2, 0.25) is 0 Å². The van der Waals surface area contributed by atoms with Gasteiger partial charge in [0.25, 0.3) is 0 Å². The van der Waals surface area contributed by atoms with Crippen LogP contribution in [-0.4, -0.2) is 16.1 Å². The van der Waals surface area contributed by atoms with Gasteiger partial charge in [0, 0.05) is 0 Å². The van der Waals surface area contributed by atoms with Gasteiger partial charge in [0.1, 0.15) is 0 Å². The highest BCUT2D eigenvalue weighted by Gasteiger charge is 2.46. The summed E-state index contributed by atoms with van der Waals surface area (Å²) in [6, 6.07) is 8.34. The second-order valence-corrected chi connectivity index (χ2v) is 4.83. The van der Waals surface area contributed by atoms with Crippen molar-refractivity contribution in [2.24, 2.45) is 5.92 Å². The highest BCUT2D eigenvalue weighted by atomic mass is 16.4. The molecule has 84 valence electrons. The Kier molecular flexibility index (Phi) is 1.96. The van der Waals surface area contributed by atoms with Crippen LogP contribution in [0, 0.1) is 5.92 Å². The first-order valence-electron chi connectivity index (χ1n) is 5.80. The number of amides is 1. The van der Waals surface area contributed by atoms with E-state index >= 15 is 0 Å². The van der Waals surface area contributed by atoms with Crippen molar-refractivity contribution in [2.75, 3.05) is 0 Å². The number of piperidine rings is 1. The summed E-state index contributed by atoms with van der Waals surface area (Å²) in [6.07, 6.45) is 1.30. The summed E-state index contributed by atoms with van der Waals surface area (Å²) in [5, 5.41) is 9.33. The van der Waals surface area contributed by atoms with Crippen molar-refractivity contribution in [2.45, 2.75) is 31.8 Å². The molecule has 0 saturated carbocycles. The van der Waals surface area contributed by atoms with Gasteiger partial charge >= 0.3 is 6.09 Å². The van der Waals surface area contributed by atoms with Crippen molar-refractivity contribution in [3.8, 4) is 0 Å². The lowest BCUT2D eigenvalue weighted by molar-refractivity contribution is 0.0623. The Morgan fingerprint density at radius 1 is 1.31 bits per heavy atom. The van der Waals surface area contributed by atoms with Gasteiger partial charge in [-0.2, -0.15) is 0 Å². The van der Waals surface area contributed by atoms with Crippen molar-refractivity contribution in [3.05, 3.63) is 35.4 Å². The quantitative estimate of drug-likeness (QED) is 0.725. The van der Waals surface area contributed by atoms with Gasteiger partial charge in [0.2, 0.25) is 0 Å². The minimum absolute atomic E-state index is 0.0763. The molecule has 1 amide bonds. The number of fused-ring (bicyclic) bond motifs is 5. The maximum atomic E-state index is 11.4. The van der Waals surface area contributed by atoms with Crippen LogP contribution in [-0.2, 0) is 0 Å². The molecule has 3 atom stereocenters. The molecule has 16 heavy (non-hydrogen) atoms. The fourth-order valence-electron chi connectivity index (χ4n) is 3.28. The number of nitrogens with zero attached hydrogens (tertiary/aromatic N) is 1. The summed E-state index contributed by atoms with van der Waals surface area (Å²) in [4.78, 5) is 13.0. The van der Waals surface area contributed by atoms with E-state index in [-0.39, 0.29) is 12.1 Å². The topological polar surface area (TPSA) is 40.5 Å². The van der Waals surface area contributed by atoms with E-state index in [0.29, 0.717) is 5.92 Å². The number of benzene rings is 1. The highest BCUT2D eigenvalue weighted by molar-refractivity contribution is 5.69. The molecule has 0 aromatic heterocycles. The molecule has 2 unspecified atom stereocenters. The monoisotopic (exact) mass is 217 g/mol. The molecule has 1 N–H and O–H groups in total. The maximum absolute atomic E-state index is 11.4. The lowest BCUT2D eigenvalue weighted by atomic mass is 9.90. The summed E-state index contributed by atoms with van der Waals surface area (Å²) in [7, 11) is 0. The SMILES string of the molecule is C[C@@H]1CCC2c3ccccc3C1N2C(=O)O. The minimum atomic E-state index is -0.780. The van der Waals surface area contributed by atoms with Crippen LogP contribution < -0.4 is 0 Å². The Bertz CT molecular complexity index is 443. The number of hydrogen-bond acceptors (Lipinski definition) is 1. The van der Waals surface area contributed by atoms with E-state index in [0.717, 1.165) is 12.8 Å². The molecule has 1 saturated heterocycles. The molecule has 3 nitrogen and oxygen atoms in total. The molecule has 0 radical (unpaired) electrons. The van der Waals surface area contributed by atoms with Crippen molar-refractivity contribution in [1.29, 1.82) is 0 Å². The third-order valence-electron chi connectivity index (χ3n) is 3.96. The smallest absolute Gasteiger partial charge is 0.408 e. The lowest BCUT2D eigenvalue weighted by Crippen LogP contribution is -2.38. The average molecular weight is 217 g/mol. The van der Waals surface area contributed by atoms with Gasteiger partial charge < -0.3 is 5.11 Å². The van der Waals surface area contributed by atoms with E-state index in [4.69, 9.17) is 0 Å². The van der Waals surface area contributed by atoms with Crippen LogP contribution in [0.5, 0.6) is 0 Å². The van der Waals surface area contributed by atoms with Crippen molar-refractivity contribution < 1.29 is 9.90 Å². The second kappa shape index (κ2) is 3.24. The van der Waals surface area contributed by atoms with Crippen LogP contribution in [0.25, 0.3) is 0 Å². The summed E-state index contributed by atoms with van der Waals surface area (Å²) in [5.74, 6) is 0.427. The van der Waals surface area contributed by atoms with Gasteiger partial charge in [-0.3, -0.25) is 4.90 Å². The van der Waals surface area contributed by atoms with E-state index in [9.17, 15) is 9.90 Å². The van der Waals surface area contributed by atoms with Crippen LogP contribution in [0.1, 0.15) is 43.0 Å². The summed E-state index contributed by atoms with van der Waals surface area (Å²) >= 11 is 0. The molecule has 1 fully saturated rings. The Hall–Kier alpha value is -1.51. The first-order chi connectivity index (χ1) is 7.70. The molecule has 2 aliphatic heterocycles. The standard InChI is InChI=1S/C13H15NO2/c1-8-6-7-11-9-4-2-3-5-10(9)12(8)14(11)13(15)16/h2-5,8,11-12H,6-7H2,1H3,(H,15,16)/t8-,11?,12?/m1/s1. The van der Waals surface area contributed by atoms with Crippen molar-refractivity contribution >= 4 is 6.09 Å². The van der Waals surface area contributed by atoms with E-state index in [2.05, 4.69) is 19.1 Å². The molecule has 1 aromatic rings. The molecule has 3 rings (SSSR count). The third-order valence-corrected chi connectivity index (χ3v) is 3.96. The number of rotatable bonds is 0. The fourth-order valence-corrected chi connectivity index (χ4v) is 3.28. The molecule has 2 aliphatic rings. The number of carbonyl (C=O) groups is 1.